The Hall–Kier alpha value is -3.26. The molecule has 0 saturated carbocycles. The van der Waals surface area contributed by atoms with Crippen LogP contribution in [0.2, 0.25) is 0 Å². The average Bonchev–Trinajstić information content (AvgIpc) is 2.74. The summed E-state index contributed by atoms with van der Waals surface area (Å²) >= 11 is 0. The van der Waals surface area contributed by atoms with Gasteiger partial charge in [0.15, 0.2) is 0 Å². The molecule has 0 unspecified atom stereocenters. The van der Waals surface area contributed by atoms with Crippen LogP contribution in [0.4, 0.5) is 10.1 Å². The van der Waals surface area contributed by atoms with Gasteiger partial charge in [0.2, 0.25) is 11.8 Å². The number of halogens is 1. The maximum absolute atomic E-state index is 13.6. The molecule has 3 N–H and O–H groups in total. The van der Waals surface area contributed by atoms with Gasteiger partial charge in [-0.15, -0.1) is 0 Å². The molecule has 0 aromatic heterocycles. The molecule has 3 amide bonds. The summed E-state index contributed by atoms with van der Waals surface area (Å²) in [7, 11) is 0. The van der Waals surface area contributed by atoms with Crippen molar-refractivity contribution in [2.45, 2.75) is 18.9 Å². The third kappa shape index (κ3) is 6.38. The van der Waals surface area contributed by atoms with Crippen molar-refractivity contribution in [2.75, 3.05) is 31.5 Å². The molecule has 2 aromatic carbocycles. The molecule has 0 bridgehead atoms. The van der Waals surface area contributed by atoms with E-state index in [-0.39, 0.29) is 30.0 Å². The molecule has 1 saturated heterocycles. The van der Waals surface area contributed by atoms with Crippen molar-refractivity contribution in [2.24, 2.45) is 0 Å². The highest BCUT2D eigenvalue weighted by Crippen LogP contribution is 2.11. The molecule has 0 aliphatic carbocycles. The number of amides is 3. The van der Waals surface area contributed by atoms with Crippen molar-refractivity contribution in [3.63, 3.8) is 0 Å². The van der Waals surface area contributed by atoms with E-state index in [1.54, 1.807) is 6.07 Å². The van der Waals surface area contributed by atoms with E-state index in [0.29, 0.717) is 32.5 Å². The van der Waals surface area contributed by atoms with Gasteiger partial charge in [-0.3, -0.25) is 19.3 Å². The average molecular weight is 412 g/mol. The summed E-state index contributed by atoms with van der Waals surface area (Å²) in [5, 5.41) is 8.17. The molecule has 1 aliphatic heterocycles. The van der Waals surface area contributed by atoms with Crippen LogP contribution in [0.1, 0.15) is 23.2 Å². The molecule has 30 heavy (non-hydrogen) atoms. The van der Waals surface area contributed by atoms with Crippen molar-refractivity contribution < 1.29 is 18.8 Å². The van der Waals surface area contributed by atoms with Gasteiger partial charge in [0.1, 0.15) is 5.82 Å². The molecule has 2 aromatic rings. The number of likely N-dealkylation sites (tertiary alicyclic amines) is 1. The summed E-state index contributed by atoms with van der Waals surface area (Å²) in [6.45, 7) is 1.46. The lowest BCUT2D eigenvalue weighted by molar-refractivity contribution is -0.121. The van der Waals surface area contributed by atoms with Crippen LogP contribution in [-0.2, 0) is 9.59 Å². The molecule has 3 rings (SSSR count). The van der Waals surface area contributed by atoms with Crippen molar-refractivity contribution in [1.29, 1.82) is 0 Å². The Labute approximate surface area is 174 Å². The Kier molecular flexibility index (Phi) is 7.51. The lowest BCUT2D eigenvalue weighted by Gasteiger charge is -2.31. The summed E-state index contributed by atoms with van der Waals surface area (Å²) in [5.41, 5.74) is 0.675. The molecule has 158 valence electrons. The number of hydrogen-bond acceptors (Lipinski definition) is 4. The predicted molar refractivity (Wildman–Crippen MR) is 111 cm³/mol. The van der Waals surface area contributed by atoms with Crippen LogP contribution in [0.25, 0.3) is 0 Å². The van der Waals surface area contributed by atoms with Gasteiger partial charge in [0, 0.05) is 24.8 Å². The number of carbonyl (C=O) groups excluding carboxylic acids is 3. The van der Waals surface area contributed by atoms with Gasteiger partial charge in [0.25, 0.3) is 5.91 Å². The first-order valence-corrected chi connectivity index (χ1v) is 9.90. The van der Waals surface area contributed by atoms with Crippen molar-refractivity contribution in [1.82, 2.24) is 15.5 Å². The molecule has 7 nitrogen and oxygen atoms in total. The number of rotatable bonds is 7. The SMILES string of the molecule is O=C(CN1CCC(NC(=O)CNC(=O)c2ccccc2F)CC1)Nc1ccccc1. The van der Waals surface area contributed by atoms with Gasteiger partial charge in [-0.2, -0.15) is 0 Å². The lowest BCUT2D eigenvalue weighted by Crippen LogP contribution is -2.48. The molecule has 1 fully saturated rings. The van der Waals surface area contributed by atoms with E-state index in [2.05, 4.69) is 16.0 Å². The zero-order valence-electron chi connectivity index (χ0n) is 16.6. The van der Waals surface area contributed by atoms with Crippen molar-refractivity contribution >= 4 is 23.4 Å². The number of hydrogen-bond donors (Lipinski definition) is 3. The molecule has 8 heteroatoms. The summed E-state index contributed by atoms with van der Waals surface area (Å²) in [5.74, 6) is -1.64. The minimum atomic E-state index is -0.626. The monoisotopic (exact) mass is 412 g/mol. The van der Waals surface area contributed by atoms with Crippen LogP contribution in [0.3, 0.4) is 0 Å². The smallest absolute Gasteiger partial charge is 0.254 e. The first-order valence-electron chi connectivity index (χ1n) is 9.90. The second kappa shape index (κ2) is 10.5. The van der Waals surface area contributed by atoms with Crippen LogP contribution in [-0.4, -0.2) is 54.8 Å². The Morgan fingerprint density at radius 3 is 2.30 bits per heavy atom. The van der Waals surface area contributed by atoms with Crippen LogP contribution >= 0.6 is 0 Å². The number of nitrogens with one attached hydrogen (secondary N) is 3. The quantitative estimate of drug-likeness (QED) is 0.647. The van der Waals surface area contributed by atoms with Crippen molar-refractivity contribution in [3.05, 3.63) is 66.0 Å². The van der Waals surface area contributed by atoms with Gasteiger partial charge >= 0.3 is 0 Å². The molecular formula is C22H25FN4O3. The highest BCUT2D eigenvalue weighted by molar-refractivity contribution is 5.96. The third-order valence-corrected chi connectivity index (χ3v) is 4.91. The highest BCUT2D eigenvalue weighted by Gasteiger charge is 2.22. The molecule has 1 heterocycles. The first-order chi connectivity index (χ1) is 14.5. The largest absolute Gasteiger partial charge is 0.352 e. The van der Waals surface area contributed by atoms with E-state index in [9.17, 15) is 18.8 Å². The number of anilines is 1. The molecular weight excluding hydrogens is 387 g/mol. The van der Waals surface area contributed by atoms with E-state index in [4.69, 9.17) is 0 Å². The number of nitrogens with zero attached hydrogens (tertiary/aromatic N) is 1. The maximum atomic E-state index is 13.6. The van der Waals surface area contributed by atoms with Crippen LogP contribution in [0, 0.1) is 5.82 Å². The Morgan fingerprint density at radius 1 is 0.933 bits per heavy atom. The minimum Gasteiger partial charge on any atom is -0.352 e. The topological polar surface area (TPSA) is 90.5 Å². The standard InChI is InChI=1S/C22H25FN4O3/c23-19-9-5-4-8-18(19)22(30)24-14-20(28)25-17-10-12-27(13-11-17)15-21(29)26-16-6-2-1-3-7-16/h1-9,17H,10-15H2,(H,24,30)(H,25,28)(H,26,29). The maximum Gasteiger partial charge on any atom is 0.254 e. The number of carbonyl (C=O) groups is 3. The van der Waals surface area contributed by atoms with Gasteiger partial charge in [0.05, 0.1) is 18.7 Å². The van der Waals surface area contributed by atoms with Gasteiger partial charge < -0.3 is 16.0 Å². The molecule has 0 radical (unpaired) electrons. The Bertz CT molecular complexity index is 883. The third-order valence-electron chi connectivity index (χ3n) is 4.91. The fourth-order valence-corrected chi connectivity index (χ4v) is 3.34. The molecule has 1 aliphatic rings. The fourth-order valence-electron chi connectivity index (χ4n) is 3.34. The van der Waals surface area contributed by atoms with E-state index >= 15 is 0 Å². The molecule has 0 spiro atoms. The van der Waals surface area contributed by atoms with Gasteiger partial charge in [-0.1, -0.05) is 30.3 Å². The zero-order chi connectivity index (χ0) is 21.3. The summed E-state index contributed by atoms with van der Waals surface area (Å²) in [6.07, 6.45) is 1.43. The van der Waals surface area contributed by atoms with Crippen LogP contribution < -0.4 is 16.0 Å². The van der Waals surface area contributed by atoms with Gasteiger partial charge in [-0.25, -0.2) is 4.39 Å². The summed E-state index contributed by atoms with van der Waals surface area (Å²) in [4.78, 5) is 38.2. The Morgan fingerprint density at radius 2 is 1.60 bits per heavy atom. The zero-order valence-corrected chi connectivity index (χ0v) is 16.6. The normalized spacial score (nSPS) is 14.7. The van der Waals surface area contributed by atoms with E-state index in [1.807, 2.05) is 35.2 Å². The predicted octanol–water partition coefficient (Wildman–Crippen LogP) is 1.77. The number of piperidine rings is 1. The Balaban J connectivity index is 1.35. The summed E-state index contributed by atoms with van der Waals surface area (Å²) < 4.78 is 13.6. The summed E-state index contributed by atoms with van der Waals surface area (Å²) in [6, 6.07) is 14.9. The van der Waals surface area contributed by atoms with E-state index in [1.165, 1.54) is 18.2 Å². The highest BCUT2D eigenvalue weighted by atomic mass is 19.1. The van der Waals surface area contributed by atoms with Crippen LogP contribution in [0.5, 0.6) is 0 Å². The number of para-hydroxylation sites is 1. The van der Waals surface area contributed by atoms with E-state index in [0.717, 1.165) is 5.69 Å². The lowest BCUT2D eigenvalue weighted by atomic mass is 10.0. The van der Waals surface area contributed by atoms with Gasteiger partial charge in [-0.05, 0) is 37.1 Å². The van der Waals surface area contributed by atoms with Crippen LogP contribution in [0.15, 0.2) is 54.6 Å². The minimum absolute atomic E-state index is 0.0173. The first kappa shape index (κ1) is 21.4. The fraction of sp³-hybridized carbons (Fsp3) is 0.318. The second-order valence-corrected chi connectivity index (χ2v) is 7.19. The number of benzene rings is 2. The van der Waals surface area contributed by atoms with Crippen molar-refractivity contribution in [3.8, 4) is 0 Å². The molecule has 0 atom stereocenters. The second-order valence-electron chi connectivity index (χ2n) is 7.19. The van der Waals surface area contributed by atoms with E-state index < -0.39 is 11.7 Å².